The summed E-state index contributed by atoms with van der Waals surface area (Å²) in [5.74, 6) is 0.0724. The van der Waals surface area contributed by atoms with Crippen molar-refractivity contribution < 1.29 is 9.90 Å². The number of halogens is 1. The summed E-state index contributed by atoms with van der Waals surface area (Å²) in [7, 11) is 0. The van der Waals surface area contributed by atoms with Gasteiger partial charge in [0.2, 0.25) is 5.91 Å². The summed E-state index contributed by atoms with van der Waals surface area (Å²) in [4.78, 5) is 12.9. The molecule has 0 aliphatic carbocycles. The quantitative estimate of drug-likeness (QED) is 0.403. The topological polar surface area (TPSA) is 49.3 Å². The molecule has 0 saturated carbocycles. The van der Waals surface area contributed by atoms with Crippen molar-refractivity contribution in [3.63, 3.8) is 0 Å². The molecule has 0 aliphatic heterocycles. The van der Waals surface area contributed by atoms with Crippen molar-refractivity contribution >= 4 is 28.3 Å². The molecule has 0 saturated heterocycles. The summed E-state index contributed by atoms with van der Waals surface area (Å²) in [6.45, 7) is 0. The minimum Gasteiger partial charge on any atom is -0.508 e. The van der Waals surface area contributed by atoms with E-state index in [1.165, 1.54) is 0 Å². The van der Waals surface area contributed by atoms with Gasteiger partial charge < -0.3 is 10.4 Å². The van der Waals surface area contributed by atoms with Crippen LogP contribution in [-0.4, -0.2) is 11.0 Å². The molecular formula is C26H22ClNO2. The minimum absolute atomic E-state index is 0.0777. The van der Waals surface area contributed by atoms with Crippen LogP contribution >= 0.6 is 11.6 Å². The molecule has 30 heavy (non-hydrogen) atoms. The van der Waals surface area contributed by atoms with Gasteiger partial charge in [0, 0.05) is 17.0 Å². The average molecular weight is 416 g/mol. The number of carbonyl (C=O) groups is 1. The molecule has 3 nitrogen and oxygen atoms in total. The number of amides is 1. The highest BCUT2D eigenvalue weighted by molar-refractivity contribution is 6.30. The molecule has 0 bridgehead atoms. The van der Waals surface area contributed by atoms with Gasteiger partial charge in [-0.3, -0.25) is 4.79 Å². The first-order chi connectivity index (χ1) is 14.6. The Morgan fingerprint density at radius 2 is 1.57 bits per heavy atom. The van der Waals surface area contributed by atoms with E-state index in [-0.39, 0.29) is 11.7 Å². The lowest BCUT2D eigenvalue weighted by Crippen LogP contribution is -2.29. The van der Waals surface area contributed by atoms with Crippen LogP contribution in [0.15, 0.2) is 91.0 Å². The molecule has 0 aromatic heterocycles. The summed E-state index contributed by atoms with van der Waals surface area (Å²) in [6.07, 6.45) is 1.02. The average Bonchev–Trinajstić information content (AvgIpc) is 2.78. The second kappa shape index (κ2) is 9.02. The molecule has 1 atom stereocenters. The smallest absolute Gasteiger partial charge is 0.221 e. The van der Waals surface area contributed by atoms with Gasteiger partial charge >= 0.3 is 0 Å². The first-order valence-corrected chi connectivity index (χ1v) is 10.3. The number of rotatable bonds is 6. The van der Waals surface area contributed by atoms with Gasteiger partial charge in [0.15, 0.2) is 0 Å². The van der Waals surface area contributed by atoms with Crippen LogP contribution in [-0.2, 0) is 11.2 Å². The van der Waals surface area contributed by atoms with Crippen LogP contribution in [0.4, 0.5) is 0 Å². The highest BCUT2D eigenvalue weighted by Gasteiger charge is 2.22. The highest BCUT2D eigenvalue weighted by atomic mass is 35.5. The number of fused-ring (bicyclic) bond motifs is 1. The Bertz CT molecular complexity index is 1160. The van der Waals surface area contributed by atoms with Crippen molar-refractivity contribution in [2.45, 2.75) is 18.9 Å². The number of aryl methyl sites for hydroxylation is 1. The Hall–Kier alpha value is -3.30. The number of aromatic hydroxyl groups is 1. The fourth-order valence-electron chi connectivity index (χ4n) is 3.70. The summed E-state index contributed by atoms with van der Waals surface area (Å²) in [6, 6.07) is 28.2. The molecule has 0 aliphatic rings. The number of hydrogen-bond donors (Lipinski definition) is 2. The molecule has 0 heterocycles. The van der Waals surface area contributed by atoms with Crippen molar-refractivity contribution in [2.75, 3.05) is 0 Å². The van der Waals surface area contributed by atoms with Crippen LogP contribution in [0.3, 0.4) is 0 Å². The summed E-state index contributed by atoms with van der Waals surface area (Å²) >= 11 is 6.08. The SMILES string of the molecule is O=C(CCc1ccccc1)N[C@@H](c1ccc(Cl)cc1)c1c(O)ccc2ccccc12. The van der Waals surface area contributed by atoms with Crippen molar-refractivity contribution in [1.29, 1.82) is 0 Å². The molecule has 0 spiro atoms. The van der Waals surface area contributed by atoms with Crippen LogP contribution in [0.2, 0.25) is 5.02 Å². The second-order valence-electron chi connectivity index (χ2n) is 7.26. The maximum atomic E-state index is 12.9. The lowest BCUT2D eigenvalue weighted by atomic mass is 9.92. The van der Waals surface area contributed by atoms with Crippen LogP contribution < -0.4 is 5.32 Å². The predicted octanol–water partition coefficient (Wildman–Crippen LogP) is 6.04. The Kier molecular flexibility index (Phi) is 6.01. The minimum atomic E-state index is -0.489. The number of nitrogens with one attached hydrogen (secondary N) is 1. The molecule has 0 radical (unpaired) electrons. The zero-order valence-corrected chi connectivity index (χ0v) is 17.1. The van der Waals surface area contributed by atoms with Crippen LogP contribution in [0.1, 0.15) is 29.2 Å². The Labute approximate surface area is 180 Å². The molecule has 1 amide bonds. The normalized spacial score (nSPS) is 11.9. The molecule has 4 heteroatoms. The van der Waals surface area contributed by atoms with Gasteiger partial charge in [-0.05, 0) is 46.5 Å². The van der Waals surface area contributed by atoms with E-state index in [1.807, 2.05) is 72.8 Å². The van der Waals surface area contributed by atoms with Gasteiger partial charge in [-0.25, -0.2) is 0 Å². The Morgan fingerprint density at radius 3 is 2.33 bits per heavy atom. The lowest BCUT2D eigenvalue weighted by Gasteiger charge is -2.23. The number of phenols is 1. The van der Waals surface area contributed by atoms with E-state index in [0.717, 1.165) is 21.9 Å². The van der Waals surface area contributed by atoms with Gasteiger partial charge in [0.1, 0.15) is 5.75 Å². The van der Waals surface area contributed by atoms with E-state index in [1.54, 1.807) is 18.2 Å². The van der Waals surface area contributed by atoms with Gasteiger partial charge in [-0.15, -0.1) is 0 Å². The van der Waals surface area contributed by atoms with Crippen molar-refractivity contribution in [2.24, 2.45) is 0 Å². The maximum Gasteiger partial charge on any atom is 0.221 e. The van der Waals surface area contributed by atoms with Crippen LogP contribution in [0.25, 0.3) is 10.8 Å². The fraction of sp³-hybridized carbons (Fsp3) is 0.115. The summed E-state index contributed by atoms with van der Waals surface area (Å²) < 4.78 is 0. The van der Waals surface area contributed by atoms with Crippen LogP contribution in [0, 0.1) is 0 Å². The third-order valence-electron chi connectivity index (χ3n) is 5.23. The fourth-order valence-corrected chi connectivity index (χ4v) is 3.83. The molecule has 4 rings (SSSR count). The van der Waals surface area contributed by atoms with Gasteiger partial charge in [0.05, 0.1) is 6.04 Å². The van der Waals surface area contributed by atoms with E-state index in [9.17, 15) is 9.90 Å². The monoisotopic (exact) mass is 415 g/mol. The molecule has 4 aromatic carbocycles. The molecular weight excluding hydrogens is 394 g/mol. The highest BCUT2D eigenvalue weighted by Crippen LogP contribution is 2.36. The van der Waals surface area contributed by atoms with Crippen molar-refractivity contribution in [1.82, 2.24) is 5.32 Å². The van der Waals surface area contributed by atoms with Gasteiger partial charge in [0.25, 0.3) is 0 Å². The van der Waals surface area contributed by atoms with E-state index >= 15 is 0 Å². The lowest BCUT2D eigenvalue weighted by molar-refractivity contribution is -0.121. The Balaban J connectivity index is 1.68. The molecule has 150 valence electrons. The van der Waals surface area contributed by atoms with Crippen molar-refractivity contribution in [3.8, 4) is 5.75 Å². The molecule has 0 unspecified atom stereocenters. The molecule has 4 aromatic rings. The van der Waals surface area contributed by atoms with Gasteiger partial charge in [-0.2, -0.15) is 0 Å². The predicted molar refractivity (Wildman–Crippen MR) is 122 cm³/mol. The number of phenolic OH excluding ortho intramolecular Hbond substituents is 1. The molecule has 2 N–H and O–H groups in total. The third kappa shape index (κ3) is 4.47. The van der Waals surface area contributed by atoms with Gasteiger partial charge in [-0.1, -0.05) is 84.4 Å². The number of benzene rings is 4. The number of hydrogen-bond acceptors (Lipinski definition) is 2. The second-order valence-corrected chi connectivity index (χ2v) is 7.69. The zero-order valence-electron chi connectivity index (χ0n) is 16.4. The van der Waals surface area contributed by atoms with E-state index < -0.39 is 6.04 Å². The standard InChI is InChI=1S/C26H22ClNO2/c27-21-14-11-20(12-15-21)26(28-24(30)17-10-18-6-2-1-3-7-18)25-22-9-5-4-8-19(22)13-16-23(25)29/h1-9,11-16,26,29H,10,17H2,(H,28,30)/t26-/m0/s1. The van der Waals surface area contributed by atoms with E-state index in [2.05, 4.69) is 5.32 Å². The van der Waals surface area contributed by atoms with Crippen LogP contribution in [0.5, 0.6) is 5.75 Å². The largest absolute Gasteiger partial charge is 0.508 e. The number of carbonyl (C=O) groups excluding carboxylic acids is 1. The van der Waals surface area contributed by atoms with E-state index in [4.69, 9.17) is 11.6 Å². The summed E-state index contributed by atoms with van der Waals surface area (Å²) in [5.41, 5.74) is 2.66. The maximum absolute atomic E-state index is 12.9. The first kappa shape index (κ1) is 20.0. The summed E-state index contributed by atoms with van der Waals surface area (Å²) in [5, 5.41) is 16.4. The zero-order chi connectivity index (χ0) is 20.9. The first-order valence-electron chi connectivity index (χ1n) is 9.91. The Morgan fingerprint density at radius 1 is 0.867 bits per heavy atom. The molecule has 0 fully saturated rings. The van der Waals surface area contributed by atoms with E-state index in [0.29, 0.717) is 23.4 Å². The third-order valence-corrected chi connectivity index (χ3v) is 5.48. The van der Waals surface area contributed by atoms with Crippen molar-refractivity contribution in [3.05, 3.63) is 113 Å².